The van der Waals surface area contributed by atoms with E-state index < -0.39 is 14.9 Å². The Balaban J connectivity index is 1.70. The third-order valence-corrected chi connectivity index (χ3v) is 4.96. The zero-order chi connectivity index (χ0) is 16.4. The van der Waals surface area contributed by atoms with E-state index in [0.717, 1.165) is 30.7 Å². The standard InChI is InChI=1S/C14H14N4O4S/c19-18(20)12-3-5-13(6-4-12)23(21,22)17-8-11-7-14(10-1-2-10)16-9-15-11/h3-7,9-10,17H,1-2,8H2. The molecule has 1 fully saturated rings. The van der Waals surface area contributed by atoms with Gasteiger partial charge in [-0.15, -0.1) is 0 Å². The number of non-ortho nitro benzene ring substituents is 1. The first-order valence-corrected chi connectivity index (χ1v) is 8.49. The van der Waals surface area contributed by atoms with Gasteiger partial charge in [0.2, 0.25) is 10.0 Å². The van der Waals surface area contributed by atoms with Crippen LogP contribution in [0.1, 0.15) is 30.1 Å². The minimum atomic E-state index is -3.75. The average molecular weight is 334 g/mol. The van der Waals surface area contributed by atoms with Gasteiger partial charge in [-0.3, -0.25) is 10.1 Å². The van der Waals surface area contributed by atoms with Crippen molar-refractivity contribution in [3.8, 4) is 0 Å². The Morgan fingerprint density at radius 2 is 1.91 bits per heavy atom. The van der Waals surface area contributed by atoms with Crippen molar-refractivity contribution in [3.63, 3.8) is 0 Å². The highest BCUT2D eigenvalue weighted by Gasteiger charge is 2.25. The highest BCUT2D eigenvalue weighted by molar-refractivity contribution is 7.89. The number of rotatable bonds is 6. The number of benzene rings is 1. The molecular weight excluding hydrogens is 320 g/mol. The second-order valence-corrected chi connectivity index (χ2v) is 7.05. The fourth-order valence-corrected chi connectivity index (χ4v) is 3.11. The highest BCUT2D eigenvalue weighted by Crippen LogP contribution is 2.38. The van der Waals surface area contributed by atoms with Crippen LogP contribution >= 0.6 is 0 Å². The van der Waals surface area contributed by atoms with Crippen molar-refractivity contribution in [2.45, 2.75) is 30.2 Å². The summed E-state index contributed by atoms with van der Waals surface area (Å²) in [6.45, 7) is 0.0432. The SMILES string of the molecule is O=[N+]([O-])c1ccc(S(=O)(=O)NCc2cc(C3CC3)ncn2)cc1. The molecule has 1 N–H and O–H groups in total. The van der Waals surface area contributed by atoms with Gasteiger partial charge in [0.05, 0.1) is 22.1 Å². The monoisotopic (exact) mass is 334 g/mol. The van der Waals surface area contributed by atoms with E-state index in [1.54, 1.807) is 6.07 Å². The number of nitrogens with one attached hydrogen (secondary N) is 1. The number of nitro benzene ring substituents is 1. The van der Waals surface area contributed by atoms with Crippen LogP contribution in [-0.2, 0) is 16.6 Å². The largest absolute Gasteiger partial charge is 0.269 e. The number of hydrogen-bond acceptors (Lipinski definition) is 6. The summed E-state index contributed by atoms with van der Waals surface area (Å²) in [6, 6.07) is 6.52. The van der Waals surface area contributed by atoms with Gasteiger partial charge in [0.1, 0.15) is 6.33 Å². The Labute approximate surface area is 132 Å². The summed E-state index contributed by atoms with van der Waals surface area (Å²) in [6.07, 6.45) is 3.64. The molecule has 120 valence electrons. The van der Waals surface area contributed by atoms with Crippen molar-refractivity contribution in [3.05, 3.63) is 58.2 Å². The molecule has 0 unspecified atom stereocenters. The first-order valence-electron chi connectivity index (χ1n) is 7.00. The molecule has 23 heavy (non-hydrogen) atoms. The van der Waals surface area contributed by atoms with Gasteiger partial charge in [0, 0.05) is 23.7 Å². The van der Waals surface area contributed by atoms with Gasteiger partial charge in [-0.25, -0.2) is 23.1 Å². The number of sulfonamides is 1. The molecule has 0 amide bonds. The molecule has 9 heteroatoms. The number of nitrogens with zero attached hydrogens (tertiary/aromatic N) is 3. The molecule has 3 rings (SSSR count). The van der Waals surface area contributed by atoms with E-state index in [0.29, 0.717) is 11.6 Å². The fourth-order valence-electron chi connectivity index (χ4n) is 2.11. The van der Waals surface area contributed by atoms with Gasteiger partial charge in [-0.1, -0.05) is 0 Å². The molecule has 1 aliphatic carbocycles. The summed E-state index contributed by atoms with van der Waals surface area (Å²) in [4.78, 5) is 18.2. The smallest absolute Gasteiger partial charge is 0.258 e. The summed E-state index contributed by atoms with van der Waals surface area (Å²) in [7, 11) is -3.75. The summed E-state index contributed by atoms with van der Waals surface area (Å²) >= 11 is 0. The Hall–Kier alpha value is -2.39. The number of hydrogen-bond donors (Lipinski definition) is 1. The summed E-state index contributed by atoms with van der Waals surface area (Å²) < 4.78 is 26.8. The lowest BCUT2D eigenvalue weighted by Gasteiger charge is -2.07. The third-order valence-electron chi connectivity index (χ3n) is 3.54. The van der Waals surface area contributed by atoms with Crippen molar-refractivity contribution in [2.75, 3.05) is 0 Å². The Morgan fingerprint density at radius 1 is 1.22 bits per heavy atom. The van der Waals surface area contributed by atoms with Crippen molar-refractivity contribution < 1.29 is 13.3 Å². The van der Waals surface area contributed by atoms with Crippen LogP contribution in [0.5, 0.6) is 0 Å². The third kappa shape index (κ3) is 3.69. The molecule has 1 aromatic heterocycles. The quantitative estimate of drug-likeness (QED) is 0.635. The Morgan fingerprint density at radius 3 is 2.52 bits per heavy atom. The van der Waals surface area contributed by atoms with Gasteiger partial charge in [-0.05, 0) is 31.0 Å². The summed E-state index contributed by atoms with van der Waals surface area (Å²) in [5.41, 5.74) is 1.37. The zero-order valence-electron chi connectivity index (χ0n) is 12.0. The molecule has 0 bridgehead atoms. The molecular formula is C14H14N4O4S. The summed E-state index contributed by atoms with van der Waals surface area (Å²) in [5, 5.41) is 10.6. The molecule has 0 saturated heterocycles. The Bertz CT molecular complexity index is 832. The maximum absolute atomic E-state index is 12.2. The highest BCUT2D eigenvalue weighted by atomic mass is 32.2. The van der Waals surface area contributed by atoms with Gasteiger partial charge < -0.3 is 0 Å². The molecule has 1 heterocycles. The first-order chi connectivity index (χ1) is 11.0. The maximum Gasteiger partial charge on any atom is 0.269 e. The lowest BCUT2D eigenvalue weighted by Crippen LogP contribution is -2.23. The van der Waals surface area contributed by atoms with Crippen LogP contribution in [0.4, 0.5) is 5.69 Å². The maximum atomic E-state index is 12.2. The number of nitro groups is 1. The van der Waals surface area contributed by atoms with Crippen molar-refractivity contribution in [2.24, 2.45) is 0 Å². The minimum Gasteiger partial charge on any atom is -0.258 e. The van der Waals surface area contributed by atoms with E-state index >= 15 is 0 Å². The van der Waals surface area contributed by atoms with Crippen molar-refractivity contribution >= 4 is 15.7 Å². The lowest BCUT2D eigenvalue weighted by molar-refractivity contribution is -0.384. The predicted molar refractivity (Wildman–Crippen MR) is 81.1 cm³/mol. The Kier molecular flexibility index (Phi) is 4.05. The predicted octanol–water partition coefficient (Wildman–Crippen LogP) is 1.74. The zero-order valence-corrected chi connectivity index (χ0v) is 12.9. The molecule has 1 aliphatic rings. The molecule has 1 aromatic carbocycles. The van der Waals surface area contributed by atoms with Crippen LogP contribution in [-0.4, -0.2) is 23.3 Å². The van der Waals surface area contributed by atoms with E-state index in [-0.39, 0.29) is 17.1 Å². The topological polar surface area (TPSA) is 115 Å². The summed E-state index contributed by atoms with van der Waals surface area (Å²) in [5.74, 6) is 0.461. The molecule has 2 aromatic rings. The van der Waals surface area contributed by atoms with Gasteiger partial charge in [0.15, 0.2) is 0 Å². The van der Waals surface area contributed by atoms with Gasteiger partial charge in [0.25, 0.3) is 5.69 Å². The molecule has 0 spiro atoms. The van der Waals surface area contributed by atoms with E-state index in [1.165, 1.54) is 18.5 Å². The van der Waals surface area contributed by atoms with Crippen LogP contribution in [0, 0.1) is 10.1 Å². The second-order valence-electron chi connectivity index (χ2n) is 5.28. The van der Waals surface area contributed by atoms with Crippen molar-refractivity contribution in [1.82, 2.24) is 14.7 Å². The van der Waals surface area contributed by atoms with Gasteiger partial charge >= 0.3 is 0 Å². The van der Waals surface area contributed by atoms with Crippen LogP contribution < -0.4 is 4.72 Å². The van der Waals surface area contributed by atoms with Gasteiger partial charge in [-0.2, -0.15) is 0 Å². The van der Waals surface area contributed by atoms with E-state index in [9.17, 15) is 18.5 Å². The first kappa shape index (κ1) is 15.5. The normalized spacial score (nSPS) is 14.6. The lowest BCUT2D eigenvalue weighted by atomic mass is 10.2. The van der Waals surface area contributed by atoms with Crippen molar-refractivity contribution in [1.29, 1.82) is 0 Å². The molecule has 0 atom stereocenters. The average Bonchev–Trinajstić information content (AvgIpc) is 3.38. The molecule has 8 nitrogen and oxygen atoms in total. The minimum absolute atomic E-state index is 0.0282. The van der Waals surface area contributed by atoms with Crippen LogP contribution in [0.2, 0.25) is 0 Å². The molecule has 1 saturated carbocycles. The molecule has 0 aliphatic heterocycles. The van der Waals surface area contributed by atoms with Crippen LogP contribution in [0.3, 0.4) is 0 Å². The van der Waals surface area contributed by atoms with Crippen LogP contribution in [0.25, 0.3) is 0 Å². The van der Waals surface area contributed by atoms with Crippen LogP contribution in [0.15, 0.2) is 41.6 Å². The molecule has 0 radical (unpaired) electrons. The fraction of sp³-hybridized carbons (Fsp3) is 0.286. The second kappa shape index (κ2) is 6.01. The van der Waals surface area contributed by atoms with E-state index in [2.05, 4.69) is 14.7 Å². The van der Waals surface area contributed by atoms with E-state index in [1.807, 2.05) is 0 Å². The van der Waals surface area contributed by atoms with E-state index in [4.69, 9.17) is 0 Å². The number of aromatic nitrogens is 2.